The van der Waals surface area contributed by atoms with Gasteiger partial charge >= 0.3 is 6.03 Å². The Balaban J connectivity index is 1.48. The van der Waals surface area contributed by atoms with Crippen molar-refractivity contribution in [3.63, 3.8) is 0 Å². The number of ether oxygens (including phenoxy) is 1. The van der Waals surface area contributed by atoms with Crippen molar-refractivity contribution in [2.45, 2.75) is 26.4 Å². The van der Waals surface area contributed by atoms with Crippen LogP contribution in [-0.2, 0) is 17.8 Å². The summed E-state index contributed by atoms with van der Waals surface area (Å²) in [5.41, 5.74) is 3.61. The maximum atomic E-state index is 12.5. The molecule has 0 atom stereocenters. The van der Waals surface area contributed by atoms with E-state index in [9.17, 15) is 9.59 Å². The molecule has 6 nitrogen and oxygen atoms in total. The normalized spacial score (nSPS) is 12.6. The van der Waals surface area contributed by atoms with Gasteiger partial charge in [0.2, 0.25) is 0 Å². The molecule has 1 aliphatic heterocycles. The van der Waals surface area contributed by atoms with Crippen LogP contribution in [0.3, 0.4) is 0 Å². The standard InChI is InChI=1S/C21H25N3O3/c1-2-27-13-5-12-22-20(25)16-8-10-19(11-9-16)23-21(26)24-14-17-6-3-4-7-18(17)15-24/h3-4,6-11H,2,5,12-15H2,1H3,(H,22,25)(H,23,26). The summed E-state index contributed by atoms with van der Waals surface area (Å²) < 4.78 is 5.24. The van der Waals surface area contributed by atoms with Crippen LogP contribution in [-0.4, -0.2) is 36.6 Å². The van der Waals surface area contributed by atoms with Crippen LogP contribution >= 0.6 is 0 Å². The van der Waals surface area contributed by atoms with Gasteiger partial charge in [-0.05, 0) is 48.7 Å². The van der Waals surface area contributed by atoms with Crippen LogP contribution in [0.5, 0.6) is 0 Å². The Hall–Kier alpha value is -2.86. The molecule has 3 rings (SSSR count). The predicted octanol–water partition coefficient (Wildman–Crippen LogP) is 3.39. The highest BCUT2D eigenvalue weighted by Gasteiger charge is 2.22. The number of benzene rings is 2. The molecule has 3 amide bonds. The van der Waals surface area contributed by atoms with Crippen LogP contribution in [0.15, 0.2) is 48.5 Å². The van der Waals surface area contributed by atoms with Gasteiger partial charge in [-0.2, -0.15) is 0 Å². The summed E-state index contributed by atoms with van der Waals surface area (Å²) in [6, 6.07) is 14.8. The van der Waals surface area contributed by atoms with E-state index in [-0.39, 0.29) is 11.9 Å². The highest BCUT2D eigenvalue weighted by Crippen LogP contribution is 2.23. The minimum Gasteiger partial charge on any atom is -0.382 e. The zero-order valence-electron chi connectivity index (χ0n) is 15.5. The highest BCUT2D eigenvalue weighted by molar-refractivity contribution is 5.95. The van der Waals surface area contributed by atoms with Crippen molar-refractivity contribution in [3.05, 3.63) is 65.2 Å². The third kappa shape index (κ3) is 5.08. The molecule has 0 spiro atoms. The van der Waals surface area contributed by atoms with Gasteiger partial charge in [0.15, 0.2) is 0 Å². The number of rotatable bonds is 7. The molecule has 2 N–H and O–H groups in total. The molecule has 0 aromatic heterocycles. The van der Waals surface area contributed by atoms with E-state index < -0.39 is 0 Å². The van der Waals surface area contributed by atoms with Gasteiger partial charge in [0.05, 0.1) is 0 Å². The molecule has 1 aliphatic rings. The lowest BCUT2D eigenvalue weighted by Gasteiger charge is -2.16. The van der Waals surface area contributed by atoms with Crippen molar-refractivity contribution in [2.24, 2.45) is 0 Å². The van der Waals surface area contributed by atoms with Crippen molar-refractivity contribution in [3.8, 4) is 0 Å². The second-order valence-electron chi connectivity index (χ2n) is 6.44. The number of urea groups is 1. The maximum absolute atomic E-state index is 12.5. The molecule has 0 unspecified atom stereocenters. The fourth-order valence-electron chi connectivity index (χ4n) is 3.01. The van der Waals surface area contributed by atoms with Crippen LogP contribution < -0.4 is 10.6 Å². The van der Waals surface area contributed by atoms with E-state index in [1.807, 2.05) is 31.2 Å². The van der Waals surface area contributed by atoms with Gasteiger partial charge in [-0.1, -0.05) is 24.3 Å². The Kier molecular flexibility index (Phi) is 6.44. The molecule has 2 aromatic carbocycles. The largest absolute Gasteiger partial charge is 0.382 e. The summed E-state index contributed by atoms with van der Waals surface area (Å²) in [6.45, 7) is 5.08. The zero-order chi connectivity index (χ0) is 19.1. The lowest BCUT2D eigenvalue weighted by molar-refractivity contribution is 0.0944. The first-order chi connectivity index (χ1) is 13.2. The third-order valence-electron chi connectivity index (χ3n) is 4.48. The molecule has 27 heavy (non-hydrogen) atoms. The zero-order valence-corrected chi connectivity index (χ0v) is 15.5. The number of nitrogens with one attached hydrogen (secondary N) is 2. The molecule has 1 heterocycles. The third-order valence-corrected chi connectivity index (χ3v) is 4.48. The minimum absolute atomic E-state index is 0.126. The number of amides is 3. The Labute approximate surface area is 159 Å². The Bertz CT molecular complexity index is 765. The smallest absolute Gasteiger partial charge is 0.322 e. The van der Waals surface area contributed by atoms with E-state index in [2.05, 4.69) is 10.6 Å². The number of anilines is 1. The van der Waals surface area contributed by atoms with Gasteiger partial charge in [0.25, 0.3) is 5.91 Å². The lowest BCUT2D eigenvalue weighted by Crippen LogP contribution is -2.30. The lowest BCUT2D eigenvalue weighted by atomic mass is 10.1. The first kappa shape index (κ1) is 18.9. The number of carbonyl (C=O) groups excluding carboxylic acids is 2. The molecule has 2 aromatic rings. The highest BCUT2D eigenvalue weighted by atomic mass is 16.5. The second kappa shape index (κ2) is 9.19. The van der Waals surface area contributed by atoms with Crippen molar-refractivity contribution in [2.75, 3.05) is 25.1 Å². The second-order valence-corrected chi connectivity index (χ2v) is 6.44. The van der Waals surface area contributed by atoms with Crippen LogP contribution in [0.1, 0.15) is 34.8 Å². The van der Waals surface area contributed by atoms with Gasteiger partial charge in [0.1, 0.15) is 0 Å². The first-order valence-corrected chi connectivity index (χ1v) is 9.26. The molecular formula is C21H25N3O3. The minimum atomic E-state index is -0.140. The molecule has 6 heteroatoms. The van der Waals surface area contributed by atoms with Gasteiger partial charge in [-0.3, -0.25) is 4.79 Å². The van der Waals surface area contributed by atoms with Gasteiger partial charge < -0.3 is 20.3 Å². The van der Waals surface area contributed by atoms with Crippen LogP contribution in [0.25, 0.3) is 0 Å². The Morgan fingerprint density at radius 3 is 2.33 bits per heavy atom. The monoisotopic (exact) mass is 367 g/mol. The fraction of sp³-hybridized carbons (Fsp3) is 0.333. The van der Waals surface area contributed by atoms with E-state index in [4.69, 9.17) is 4.74 Å². The summed E-state index contributed by atoms with van der Waals surface area (Å²) in [5, 5.41) is 5.75. The summed E-state index contributed by atoms with van der Waals surface area (Å²) in [5.74, 6) is -0.126. The number of fused-ring (bicyclic) bond motifs is 1. The van der Waals surface area contributed by atoms with Gasteiger partial charge in [0, 0.05) is 44.1 Å². The number of carbonyl (C=O) groups is 2. The molecule has 0 radical (unpaired) electrons. The van der Waals surface area contributed by atoms with Crippen molar-refractivity contribution >= 4 is 17.6 Å². The number of nitrogens with zero attached hydrogens (tertiary/aromatic N) is 1. The summed E-state index contributed by atoms with van der Waals surface area (Å²) >= 11 is 0. The fourth-order valence-corrected chi connectivity index (χ4v) is 3.01. The number of hydrogen-bond acceptors (Lipinski definition) is 3. The molecular weight excluding hydrogens is 342 g/mol. The predicted molar refractivity (Wildman–Crippen MR) is 105 cm³/mol. The molecule has 0 saturated carbocycles. The molecule has 0 bridgehead atoms. The summed E-state index contributed by atoms with van der Waals surface area (Å²) in [6.07, 6.45) is 0.784. The van der Waals surface area contributed by atoms with Crippen molar-refractivity contribution in [1.82, 2.24) is 10.2 Å². The molecule has 142 valence electrons. The topological polar surface area (TPSA) is 70.7 Å². The van der Waals surface area contributed by atoms with E-state index >= 15 is 0 Å². The quantitative estimate of drug-likeness (QED) is 0.737. The average molecular weight is 367 g/mol. The molecule has 0 fully saturated rings. The summed E-state index contributed by atoms with van der Waals surface area (Å²) in [7, 11) is 0. The van der Waals surface area contributed by atoms with E-state index in [0.717, 1.165) is 6.42 Å². The first-order valence-electron chi connectivity index (χ1n) is 9.26. The van der Waals surface area contributed by atoms with Crippen molar-refractivity contribution < 1.29 is 14.3 Å². The van der Waals surface area contributed by atoms with Crippen molar-refractivity contribution in [1.29, 1.82) is 0 Å². The Morgan fingerprint density at radius 1 is 1.04 bits per heavy atom. The number of hydrogen-bond donors (Lipinski definition) is 2. The van der Waals surface area contributed by atoms with Gasteiger partial charge in [-0.25, -0.2) is 4.79 Å². The molecule has 0 aliphatic carbocycles. The maximum Gasteiger partial charge on any atom is 0.322 e. The SMILES string of the molecule is CCOCCCNC(=O)c1ccc(NC(=O)N2Cc3ccccc3C2)cc1. The van der Waals surface area contributed by atoms with E-state index in [1.165, 1.54) is 11.1 Å². The average Bonchev–Trinajstić information content (AvgIpc) is 3.13. The Morgan fingerprint density at radius 2 is 1.70 bits per heavy atom. The van der Waals surface area contributed by atoms with E-state index in [1.54, 1.807) is 29.2 Å². The molecule has 0 saturated heterocycles. The van der Waals surface area contributed by atoms with Crippen LogP contribution in [0.4, 0.5) is 10.5 Å². The summed E-state index contributed by atoms with van der Waals surface area (Å²) in [4.78, 5) is 26.3. The van der Waals surface area contributed by atoms with Crippen LogP contribution in [0, 0.1) is 0 Å². The van der Waals surface area contributed by atoms with Crippen LogP contribution in [0.2, 0.25) is 0 Å². The van der Waals surface area contributed by atoms with E-state index in [0.29, 0.717) is 44.1 Å². The van der Waals surface area contributed by atoms with Gasteiger partial charge in [-0.15, -0.1) is 0 Å².